The summed E-state index contributed by atoms with van der Waals surface area (Å²) in [6.45, 7) is 0. The lowest BCUT2D eigenvalue weighted by atomic mass is 10.0. The molecule has 0 aliphatic heterocycles. The molecule has 106 valence electrons. The fourth-order valence-corrected chi connectivity index (χ4v) is 2.15. The number of ether oxygens (including phenoxy) is 1. The molecule has 0 radical (unpaired) electrons. The largest absolute Gasteiger partial charge is 0.469 e. The van der Waals surface area contributed by atoms with Crippen LogP contribution in [0, 0.1) is 0 Å². The van der Waals surface area contributed by atoms with Crippen molar-refractivity contribution >= 4 is 28.5 Å². The quantitative estimate of drug-likeness (QED) is 0.665. The topological polar surface area (TPSA) is 79.7 Å². The Hall–Kier alpha value is -1.69. The highest BCUT2D eigenvalue weighted by atomic mass is 35.5. The molecule has 1 aromatic heterocycles. The van der Waals surface area contributed by atoms with Crippen molar-refractivity contribution in [1.82, 2.24) is 4.98 Å². The monoisotopic (exact) mass is 295 g/mol. The number of fused-ring (bicyclic) bond motifs is 1. The molecule has 2 atom stereocenters. The minimum absolute atomic E-state index is 0.0973. The summed E-state index contributed by atoms with van der Waals surface area (Å²) >= 11 is 6.01. The van der Waals surface area contributed by atoms with Gasteiger partial charge in [0.15, 0.2) is 0 Å². The van der Waals surface area contributed by atoms with Crippen LogP contribution in [0.2, 0.25) is 5.15 Å². The molecule has 0 aliphatic rings. The minimum atomic E-state index is -1.31. The van der Waals surface area contributed by atoms with Gasteiger partial charge in [0.25, 0.3) is 0 Å². The van der Waals surface area contributed by atoms with Crippen molar-refractivity contribution in [2.45, 2.75) is 18.6 Å². The van der Waals surface area contributed by atoms with Gasteiger partial charge in [-0.2, -0.15) is 0 Å². The second-order valence-electron chi connectivity index (χ2n) is 4.35. The summed E-state index contributed by atoms with van der Waals surface area (Å²) in [6.07, 6.45) is -2.93. The van der Waals surface area contributed by atoms with Gasteiger partial charge >= 0.3 is 5.97 Å². The Morgan fingerprint density at radius 3 is 2.80 bits per heavy atom. The number of methoxy groups -OCH3 is 1. The number of pyridine rings is 1. The molecule has 0 saturated heterocycles. The van der Waals surface area contributed by atoms with Gasteiger partial charge in [0.1, 0.15) is 11.3 Å². The molecular weight excluding hydrogens is 282 g/mol. The molecule has 6 heteroatoms. The van der Waals surface area contributed by atoms with Crippen LogP contribution in [0.3, 0.4) is 0 Å². The summed E-state index contributed by atoms with van der Waals surface area (Å²) in [5.74, 6) is -0.610. The van der Waals surface area contributed by atoms with Gasteiger partial charge in [-0.1, -0.05) is 29.8 Å². The van der Waals surface area contributed by atoms with Gasteiger partial charge in [0.2, 0.25) is 0 Å². The van der Waals surface area contributed by atoms with E-state index in [0.717, 1.165) is 5.39 Å². The molecule has 1 heterocycles. The lowest BCUT2D eigenvalue weighted by Crippen LogP contribution is -2.23. The lowest BCUT2D eigenvalue weighted by Gasteiger charge is -2.18. The maximum absolute atomic E-state index is 11.1. The van der Waals surface area contributed by atoms with E-state index in [1.807, 2.05) is 18.2 Å². The third kappa shape index (κ3) is 3.07. The first-order chi connectivity index (χ1) is 9.52. The molecule has 0 spiro atoms. The van der Waals surface area contributed by atoms with E-state index < -0.39 is 18.2 Å². The van der Waals surface area contributed by atoms with Crippen LogP contribution in [-0.4, -0.2) is 34.4 Å². The summed E-state index contributed by atoms with van der Waals surface area (Å²) < 4.78 is 4.45. The first kappa shape index (κ1) is 14.7. The molecule has 0 bridgehead atoms. The number of aliphatic hydroxyl groups is 2. The molecule has 0 saturated carbocycles. The molecule has 2 rings (SSSR count). The summed E-state index contributed by atoms with van der Waals surface area (Å²) in [7, 11) is 1.21. The first-order valence-corrected chi connectivity index (χ1v) is 6.39. The van der Waals surface area contributed by atoms with E-state index in [-0.39, 0.29) is 17.1 Å². The predicted octanol–water partition coefficient (Wildman–Crippen LogP) is 1.85. The summed E-state index contributed by atoms with van der Waals surface area (Å²) in [4.78, 5) is 15.3. The number of aromatic nitrogens is 1. The highest BCUT2D eigenvalue weighted by Crippen LogP contribution is 2.28. The van der Waals surface area contributed by atoms with Gasteiger partial charge < -0.3 is 14.9 Å². The van der Waals surface area contributed by atoms with Gasteiger partial charge in [0.05, 0.1) is 25.2 Å². The van der Waals surface area contributed by atoms with Crippen LogP contribution in [0.25, 0.3) is 10.9 Å². The fraction of sp³-hybridized carbons (Fsp3) is 0.286. The smallest absolute Gasteiger partial charge is 0.308 e. The first-order valence-electron chi connectivity index (χ1n) is 6.01. The summed E-state index contributed by atoms with van der Waals surface area (Å²) in [5, 5.41) is 20.8. The zero-order valence-corrected chi connectivity index (χ0v) is 11.5. The molecule has 0 aliphatic carbocycles. The Morgan fingerprint density at radius 1 is 1.40 bits per heavy atom. The molecule has 2 N–H and O–H groups in total. The summed E-state index contributed by atoms with van der Waals surface area (Å²) in [6, 6.07) is 8.92. The van der Waals surface area contributed by atoms with Gasteiger partial charge in [0, 0.05) is 10.9 Å². The van der Waals surface area contributed by atoms with Gasteiger partial charge in [-0.3, -0.25) is 4.79 Å². The van der Waals surface area contributed by atoms with Crippen LogP contribution in [-0.2, 0) is 9.53 Å². The average molecular weight is 296 g/mol. The summed E-state index contributed by atoms with van der Waals surface area (Å²) in [5.41, 5.74) is 0.970. The number of halogens is 1. The molecule has 0 amide bonds. The van der Waals surface area contributed by atoms with Crippen molar-refractivity contribution in [2.75, 3.05) is 7.11 Å². The van der Waals surface area contributed by atoms with E-state index in [2.05, 4.69) is 9.72 Å². The van der Waals surface area contributed by atoms with Crippen molar-refractivity contribution < 1.29 is 19.7 Å². The van der Waals surface area contributed by atoms with Crippen LogP contribution >= 0.6 is 11.6 Å². The number of hydrogen-bond acceptors (Lipinski definition) is 5. The molecule has 5 nitrogen and oxygen atoms in total. The van der Waals surface area contributed by atoms with Crippen LogP contribution in [0.5, 0.6) is 0 Å². The molecule has 1 aromatic carbocycles. The number of benzene rings is 1. The Kier molecular flexibility index (Phi) is 4.54. The van der Waals surface area contributed by atoms with Crippen molar-refractivity contribution in [1.29, 1.82) is 0 Å². The van der Waals surface area contributed by atoms with E-state index in [4.69, 9.17) is 11.6 Å². The van der Waals surface area contributed by atoms with Gasteiger partial charge in [-0.15, -0.1) is 0 Å². The number of aliphatic hydroxyl groups excluding tert-OH is 2. The maximum Gasteiger partial charge on any atom is 0.308 e. The third-order valence-electron chi connectivity index (χ3n) is 2.99. The van der Waals surface area contributed by atoms with Gasteiger partial charge in [-0.25, -0.2) is 4.98 Å². The number of nitrogens with zero attached hydrogens (tertiary/aromatic N) is 1. The van der Waals surface area contributed by atoms with E-state index in [1.54, 1.807) is 12.1 Å². The van der Waals surface area contributed by atoms with Crippen LogP contribution in [0.15, 0.2) is 30.3 Å². The maximum atomic E-state index is 11.1. The zero-order chi connectivity index (χ0) is 14.7. The van der Waals surface area contributed by atoms with E-state index in [9.17, 15) is 15.0 Å². The predicted molar refractivity (Wildman–Crippen MR) is 74.4 cm³/mol. The number of carbonyl (C=O) groups excluding carboxylic acids is 1. The van der Waals surface area contributed by atoms with E-state index in [0.29, 0.717) is 5.52 Å². The second kappa shape index (κ2) is 6.17. The molecule has 20 heavy (non-hydrogen) atoms. The molecular formula is C14H14ClNO4. The number of carbonyl (C=O) groups is 1. The average Bonchev–Trinajstić information content (AvgIpc) is 2.45. The number of para-hydroxylation sites is 1. The highest BCUT2D eigenvalue weighted by Gasteiger charge is 2.24. The van der Waals surface area contributed by atoms with Crippen molar-refractivity contribution in [2.24, 2.45) is 0 Å². The van der Waals surface area contributed by atoms with E-state index in [1.165, 1.54) is 7.11 Å². The normalized spacial score (nSPS) is 14.0. The minimum Gasteiger partial charge on any atom is -0.469 e. The number of esters is 1. The van der Waals surface area contributed by atoms with E-state index >= 15 is 0 Å². The zero-order valence-electron chi connectivity index (χ0n) is 10.8. The lowest BCUT2D eigenvalue weighted by molar-refractivity contribution is -0.144. The fourth-order valence-electron chi connectivity index (χ4n) is 1.89. The number of hydrogen-bond donors (Lipinski definition) is 2. The van der Waals surface area contributed by atoms with Crippen molar-refractivity contribution in [3.05, 3.63) is 41.0 Å². The van der Waals surface area contributed by atoms with Crippen LogP contribution in [0.1, 0.15) is 18.1 Å². The Bertz CT molecular complexity index is 632. The van der Waals surface area contributed by atoms with Crippen LogP contribution in [0.4, 0.5) is 0 Å². The third-order valence-corrected chi connectivity index (χ3v) is 3.29. The molecule has 2 unspecified atom stereocenters. The molecule has 0 fully saturated rings. The number of rotatable bonds is 4. The highest BCUT2D eigenvalue weighted by molar-refractivity contribution is 6.30. The van der Waals surface area contributed by atoms with Crippen molar-refractivity contribution in [3.63, 3.8) is 0 Å². The van der Waals surface area contributed by atoms with Gasteiger partial charge in [-0.05, 0) is 12.1 Å². The molecule has 2 aromatic rings. The Morgan fingerprint density at radius 2 is 2.10 bits per heavy atom. The van der Waals surface area contributed by atoms with Crippen molar-refractivity contribution in [3.8, 4) is 0 Å². The standard InChI is InChI=1S/C14H14ClNO4/c1-20-12(18)7-11(17)13(19)9-6-8-4-2-3-5-10(8)16-14(9)15/h2-6,11,13,17,19H,7H2,1H3. The Balaban J connectivity index is 2.31. The Labute approximate surface area is 120 Å². The second-order valence-corrected chi connectivity index (χ2v) is 4.71. The SMILES string of the molecule is COC(=O)CC(O)C(O)c1cc2ccccc2nc1Cl. The van der Waals surface area contributed by atoms with Crippen LogP contribution < -0.4 is 0 Å².